The van der Waals surface area contributed by atoms with Gasteiger partial charge in [-0.2, -0.15) is 0 Å². The molecule has 3 rings (SSSR count). The van der Waals surface area contributed by atoms with Gasteiger partial charge in [-0.05, 0) is 25.7 Å². The van der Waals surface area contributed by atoms with Crippen LogP contribution in [0.4, 0.5) is 0 Å². The zero-order valence-electron chi connectivity index (χ0n) is 12.2. The maximum Gasteiger partial charge on any atom is 0.256 e. The molecule has 3 heterocycles. The minimum atomic E-state index is -0.187. The van der Waals surface area contributed by atoms with Crippen LogP contribution in [-0.4, -0.2) is 36.8 Å². The van der Waals surface area contributed by atoms with E-state index in [0.717, 1.165) is 38.0 Å². The Bertz CT molecular complexity index is 602. The highest BCUT2D eigenvalue weighted by Crippen LogP contribution is 2.25. The highest BCUT2D eigenvalue weighted by Gasteiger charge is 2.26. The first kappa shape index (κ1) is 14.1. The van der Waals surface area contributed by atoms with Gasteiger partial charge in [0.15, 0.2) is 0 Å². The summed E-state index contributed by atoms with van der Waals surface area (Å²) in [5.41, 5.74) is 1.17. The van der Waals surface area contributed by atoms with Crippen molar-refractivity contribution in [2.24, 2.45) is 0 Å². The zero-order valence-corrected chi connectivity index (χ0v) is 12.2. The number of nitrogens with zero attached hydrogens (tertiary/aromatic N) is 1. The molecule has 1 aromatic heterocycles. The van der Waals surface area contributed by atoms with Crippen molar-refractivity contribution in [3.63, 3.8) is 0 Å². The van der Waals surface area contributed by atoms with Crippen LogP contribution in [0.15, 0.2) is 10.9 Å². The molecule has 2 aliphatic rings. The van der Waals surface area contributed by atoms with Crippen molar-refractivity contribution >= 4 is 5.91 Å². The number of aromatic nitrogens is 1. The van der Waals surface area contributed by atoms with E-state index < -0.39 is 0 Å². The first-order chi connectivity index (χ1) is 10.2. The van der Waals surface area contributed by atoms with E-state index in [1.165, 1.54) is 13.2 Å². The minimum Gasteiger partial charge on any atom is -0.496 e. The maximum atomic E-state index is 12.5. The number of methoxy groups -OCH3 is 1. The Hall–Kier alpha value is -1.82. The molecule has 0 bridgehead atoms. The number of fused-ring (bicyclic) bond motifs is 1. The van der Waals surface area contributed by atoms with Gasteiger partial charge in [0.25, 0.3) is 11.5 Å². The smallest absolute Gasteiger partial charge is 0.256 e. The monoisotopic (exact) mass is 292 g/mol. The molecule has 1 N–H and O–H groups in total. The number of carbonyl (C=O) groups excluding carboxylic acids is 1. The minimum absolute atomic E-state index is 0.0967. The van der Waals surface area contributed by atoms with Crippen molar-refractivity contribution in [2.75, 3.05) is 20.3 Å². The number of pyridine rings is 1. The number of hydrogen-bond acceptors (Lipinski definition) is 4. The quantitative estimate of drug-likeness (QED) is 0.887. The fourth-order valence-corrected chi connectivity index (χ4v) is 3.09. The van der Waals surface area contributed by atoms with Crippen LogP contribution in [0.3, 0.4) is 0 Å². The number of rotatable bonds is 4. The van der Waals surface area contributed by atoms with Crippen LogP contribution in [0.2, 0.25) is 0 Å². The Morgan fingerprint density at radius 2 is 2.38 bits per heavy atom. The fraction of sp³-hybridized carbons (Fsp3) is 0.600. The van der Waals surface area contributed by atoms with Gasteiger partial charge in [-0.15, -0.1) is 0 Å². The van der Waals surface area contributed by atoms with Crippen LogP contribution in [-0.2, 0) is 17.7 Å². The van der Waals surface area contributed by atoms with E-state index >= 15 is 0 Å². The lowest BCUT2D eigenvalue weighted by atomic mass is 10.1. The SMILES string of the molecule is COc1cc(=O)n2c(c1C(=O)NC[C@H]1CCCO1)CCC2. The summed E-state index contributed by atoms with van der Waals surface area (Å²) in [5.74, 6) is 0.172. The molecular formula is C15H20N2O4. The summed E-state index contributed by atoms with van der Waals surface area (Å²) >= 11 is 0. The van der Waals surface area contributed by atoms with Gasteiger partial charge in [0.05, 0.1) is 13.2 Å². The molecule has 114 valence electrons. The molecule has 2 aliphatic heterocycles. The number of carbonyl (C=O) groups is 1. The van der Waals surface area contributed by atoms with Crippen LogP contribution in [0.1, 0.15) is 35.3 Å². The molecule has 1 aromatic rings. The van der Waals surface area contributed by atoms with Crippen LogP contribution in [0.25, 0.3) is 0 Å². The van der Waals surface area contributed by atoms with Gasteiger partial charge >= 0.3 is 0 Å². The van der Waals surface area contributed by atoms with Crippen LogP contribution in [0, 0.1) is 0 Å². The molecule has 0 spiro atoms. The van der Waals surface area contributed by atoms with E-state index in [4.69, 9.17) is 9.47 Å². The van der Waals surface area contributed by atoms with Crippen LogP contribution in [0.5, 0.6) is 5.75 Å². The van der Waals surface area contributed by atoms with E-state index in [2.05, 4.69) is 5.32 Å². The Labute approximate surface area is 123 Å². The second-order valence-electron chi connectivity index (χ2n) is 5.47. The van der Waals surface area contributed by atoms with Crippen molar-refractivity contribution in [1.82, 2.24) is 9.88 Å². The fourth-order valence-electron chi connectivity index (χ4n) is 3.09. The molecule has 0 aliphatic carbocycles. The summed E-state index contributed by atoms with van der Waals surface area (Å²) in [5, 5.41) is 2.91. The molecule has 0 aromatic carbocycles. The standard InChI is InChI=1S/C15H20N2O4/c1-20-12-8-13(18)17-6-2-5-11(17)14(12)15(19)16-9-10-4-3-7-21-10/h8,10H,2-7,9H2,1H3,(H,16,19)/t10-/m1/s1. The summed E-state index contributed by atoms with van der Waals surface area (Å²) in [6.07, 6.45) is 3.73. The summed E-state index contributed by atoms with van der Waals surface area (Å²) in [6.45, 7) is 1.94. The Balaban J connectivity index is 1.84. The summed E-state index contributed by atoms with van der Waals surface area (Å²) in [4.78, 5) is 24.5. The third-order valence-corrected chi connectivity index (χ3v) is 4.14. The molecule has 1 saturated heterocycles. The van der Waals surface area contributed by atoms with Crippen molar-refractivity contribution in [3.05, 3.63) is 27.7 Å². The first-order valence-electron chi connectivity index (χ1n) is 7.41. The third-order valence-electron chi connectivity index (χ3n) is 4.14. The molecule has 1 amide bonds. The Morgan fingerprint density at radius 3 is 3.10 bits per heavy atom. The highest BCUT2D eigenvalue weighted by atomic mass is 16.5. The van der Waals surface area contributed by atoms with Crippen molar-refractivity contribution in [2.45, 2.75) is 38.3 Å². The number of hydrogen-bond donors (Lipinski definition) is 1. The maximum absolute atomic E-state index is 12.5. The lowest BCUT2D eigenvalue weighted by molar-refractivity contribution is 0.0854. The number of ether oxygens (including phenoxy) is 2. The van der Waals surface area contributed by atoms with Crippen LogP contribution < -0.4 is 15.6 Å². The molecule has 1 fully saturated rings. The zero-order chi connectivity index (χ0) is 14.8. The van der Waals surface area contributed by atoms with Gasteiger partial charge in [0.2, 0.25) is 0 Å². The van der Waals surface area contributed by atoms with E-state index in [1.807, 2.05) is 0 Å². The van der Waals surface area contributed by atoms with Gasteiger partial charge in [-0.25, -0.2) is 0 Å². The Kier molecular flexibility index (Phi) is 3.96. The topological polar surface area (TPSA) is 69.6 Å². The average molecular weight is 292 g/mol. The largest absolute Gasteiger partial charge is 0.496 e. The van der Waals surface area contributed by atoms with Crippen LogP contribution >= 0.6 is 0 Å². The van der Waals surface area contributed by atoms with E-state index in [9.17, 15) is 9.59 Å². The molecule has 0 radical (unpaired) electrons. The molecule has 6 heteroatoms. The van der Waals surface area contributed by atoms with Gasteiger partial charge in [-0.3, -0.25) is 9.59 Å². The Morgan fingerprint density at radius 1 is 1.52 bits per heavy atom. The molecule has 21 heavy (non-hydrogen) atoms. The number of amides is 1. The van der Waals surface area contributed by atoms with E-state index in [-0.39, 0.29) is 17.6 Å². The summed E-state index contributed by atoms with van der Waals surface area (Å²) in [7, 11) is 1.48. The number of nitrogens with one attached hydrogen (secondary N) is 1. The lowest BCUT2D eigenvalue weighted by Crippen LogP contribution is -2.34. The van der Waals surface area contributed by atoms with E-state index in [1.54, 1.807) is 4.57 Å². The summed E-state index contributed by atoms with van der Waals surface area (Å²) in [6, 6.07) is 1.40. The third kappa shape index (κ3) is 2.68. The normalized spacial score (nSPS) is 20.3. The van der Waals surface area contributed by atoms with Gasteiger partial charge in [0.1, 0.15) is 11.3 Å². The van der Waals surface area contributed by atoms with Gasteiger partial charge in [-0.1, -0.05) is 0 Å². The second kappa shape index (κ2) is 5.89. The van der Waals surface area contributed by atoms with Crippen molar-refractivity contribution in [1.29, 1.82) is 0 Å². The van der Waals surface area contributed by atoms with Gasteiger partial charge in [0, 0.05) is 31.5 Å². The summed E-state index contributed by atoms with van der Waals surface area (Å²) < 4.78 is 12.4. The predicted octanol–water partition coefficient (Wildman–Crippen LogP) is 0.712. The lowest BCUT2D eigenvalue weighted by Gasteiger charge is -2.15. The highest BCUT2D eigenvalue weighted by molar-refractivity contribution is 5.98. The van der Waals surface area contributed by atoms with E-state index in [0.29, 0.717) is 24.4 Å². The van der Waals surface area contributed by atoms with Gasteiger partial charge < -0.3 is 19.4 Å². The predicted molar refractivity (Wildman–Crippen MR) is 76.9 cm³/mol. The average Bonchev–Trinajstić information content (AvgIpc) is 3.15. The van der Waals surface area contributed by atoms with Crippen molar-refractivity contribution in [3.8, 4) is 5.75 Å². The second-order valence-corrected chi connectivity index (χ2v) is 5.47. The molecule has 0 unspecified atom stereocenters. The molecule has 0 saturated carbocycles. The van der Waals surface area contributed by atoms with Crippen molar-refractivity contribution < 1.29 is 14.3 Å². The molecule has 1 atom stereocenters. The first-order valence-corrected chi connectivity index (χ1v) is 7.41. The molecule has 6 nitrogen and oxygen atoms in total. The molecular weight excluding hydrogens is 272 g/mol.